The number of halogens is 1. The summed E-state index contributed by atoms with van der Waals surface area (Å²) in [4.78, 5) is 11.8. The highest BCUT2D eigenvalue weighted by atomic mass is 79.9. The highest BCUT2D eigenvalue weighted by molar-refractivity contribution is 9.09. The zero-order chi connectivity index (χ0) is 9.90. The number of rotatable bonds is 5. The Kier molecular flexibility index (Phi) is 3.74. The molecule has 0 aliphatic heterocycles. The Morgan fingerprint density at radius 2 is 2.31 bits per heavy atom. The molecule has 76 valence electrons. The van der Waals surface area contributed by atoms with Crippen LogP contribution in [0.3, 0.4) is 0 Å². The molecule has 1 saturated carbocycles. The molecule has 2 atom stereocenters. The van der Waals surface area contributed by atoms with E-state index in [1.165, 1.54) is 6.42 Å². The van der Waals surface area contributed by atoms with Gasteiger partial charge in [0.1, 0.15) is 0 Å². The second-order valence-electron chi connectivity index (χ2n) is 3.96. The molecule has 1 amide bonds. The second kappa shape index (κ2) is 4.42. The highest BCUT2D eigenvalue weighted by Crippen LogP contribution is 2.50. The van der Waals surface area contributed by atoms with Crippen molar-refractivity contribution in [2.75, 3.05) is 20.1 Å². The van der Waals surface area contributed by atoms with Gasteiger partial charge >= 0.3 is 0 Å². The standard InChI is InChI=1S/C9H17BrN2O/c1-9(5-7(9)10)6-12-8(13)3-4-11-2/h7,11H,3-6H2,1-2H3,(H,12,13). The van der Waals surface area contributed by atoms with Crippen LogP contribution in [0.5, 0.6) is 0 Å². The molecule has 2 N–H and O–H groups in total. The predicted molar refractivity (Wildman–Crippen MR) is 57.0 cm³/mol. The molecule has 1 fully saturated rings. The molecule has 2 unspecified atom stereocenters. The van der Waals surface area contributed by atoms with Crippen molar-refractivity contribution in [3.63, 3.8) is 0 Å². The fourth-order valence-electron chi connectivity index (χ4n) is 1.16. The largest absolute Gasteiger partial charge is 0.355 e. The first kappa shape index (κ1) is 11.0. The molecule has 0 bridgehead atoms. The minimum absolute atomic E-state index is 0.141. The van der Waals surface area contributed by atoms with Crippen LogP contribution in [0.25, 0.3) is 0 Å². The van der Waals surface area contributed by atoms with Gasteiger partial charge in [-0.15, -0.1) is 0 Å². The fraction of sp³-hybridized carbons (Fsp3) is 0.889. The van der Waals surface area contributed by atoms with E-state index >= 15 is 0 Å². The van der Waals surface area contributed by atoms with Gasteiger partial charge in [0.15, 0.2) is 0 Å². The number of amides is 1. The number of alkyl halides is 1. The lowest BCUT2D eigenvalue weighted by Gasteiger charge is -2.10. The third-order valence-corrected chi connectivity index (χ3v) is 3.96. The highest BCUT2D eigenvalue weighted by Gasteiger charge is 2.48. The van der Waals surface area contributed by atoms with Gasteiger partial charge in [-0.1, -0.05) is 22.9 Å². The minimum atomic E-state index is 0.141. The molecule has 0 radical (unpaired) electrons. The van der Waals surface area contributed by atoms with Gasteiger partial charge in [-0.3, -0.25) is 4.79 Å². The monoisotopic (exact) mass is 248 g/mol. The van der Waals surface area contributed by atoms with Gasteiger partial charge in [-0.2, -0.15) is 0 Å². The average molecular weight is 249 g/mol. The third kappa shape index (κ3) is 3.27. The quantitative estimate of drug-likeness (QED) is 0.710. The first-order valence-electron chi connectivity index (χ1n) is 4.64. The molecule has 0 aromatic heterocycles. The minimum Gasteiger partial charge on any atom is -0.355 e. The number of carbonyl (C=O) groups is 1. The van der Waals surface area contributed by atoms with E-state index in [-0.39, 0.29) is 5.91 Å². The SMILES string of the molecule is CNCCC(=O)NCC1(C)CC1Br. The molecule has 0 aromatic carbocycles. The van der Waals surface area contributed by atoms with E-state index in [2.05, 4.69) is 33.5 Å². The summed E-state index contributed by atoms with van der Waals surface area (Å²) >= 11 is 3.54. The van der Waals surface area contributed by atoms with Crippen molar-refractivity contribution < 1.29 is 4.79 Å². The van der Waals surface area contributed by atoms with Crippen LogP contribution in [-0.2, 0) is 4.79 Å². The van der Waals surface area contributed by atoms with Crippen LogP contribution in [0, 0.1) is 5.41 Å². The van der Waals surface area contributed by atoms with Gasteiger partial charge in [0.05, 0.1) is 0 Å². The van der Waals surface area contributed by atoms with Crippen molar-refractivity contribution in [2.45, 2.75) is 24.6 Å². The van der Waals surface area contributed by atoms with Crippen molar-refractivity contribution in [1.29, 1.82) is 0 Å². The van der Waals surface area contributed by atoms with E-state index in [9.17, 15) is 4.79 Å². The molecule has 1 aliphatic rings. The number of nitrogens with one attached hydrogen (secondary N) is 2. The average Bonchev–Trinajstić information content (AvgIpc) is 2.68. The molecule has 3 nitrogen and oxygen atoms in total. The molecule has 0 aromatic rings. The van der Waals surface area contributed by atoms with E-state index in [1.54, 1.807) is 0 Å². The molecule has 4 heteroatoms. The Balaban J connectivity index is 2.09. The van der Waals surface area contributed by atoms with E-state index in [0.717, 1.165) is 13.1 Å². The lowest BCUT2D eigenvalue weighted by molar-refractivity contribution is -0.121. The van der Waals surface area contributed by atoms with E-state index in [1.807, 2.05) is 7.05 Å². The van der Waals surface area contributed by atoms with Crippen molar-refractivity contribution in [1.82, 2.24) is 10.6 Å². The van der Waals surface area contributed by atoms with Crippen molar-refractivity contribution in [3.05, 3.63) is 0 Å². The van der Waals surface area contributed by atoms with Crippen LogP contribution < -0.4 is 10.6 Å². The molecule has 0 heterocycles. The Bertz CT molecular complexity index is 198. The maximum absolute atomic E-state index is 11.2. The molecule has 1 aliphatic carbocycles. The van der Waals surface area contributed by atoms with Gasteiger partial charge in [0, 0.05) is 24.3 Å². The molecule has 0 spiro atoms. The van der Waals surface area contributed by atoms with Crippen LogP contribution in [-0.4, -0.2) is 30.9 Å². The zero-order valence-corrected chi connectivity index (χ0v) is 9.78. The number of hydrogen-bond donors (Lipinski definition) is 2. The smallest absolute Gasteiger partial charge is 0.221 e. The summed E-state index contributed by atoms with van der Waals surface area (Å²) in [5.41, 5.74) is 0.301. The van der Waals surface area contributed by atoms with Gasteiger partial charge in [0.2, 0.25) is 5.91 Å². The lowest BCUT2D eigenvalue weighted by atomic mass is 10.1. The topological polar surface area (TPSA) is 41.1 Å². The lowest BCUT2D eigenvalue weighted by Crippen LogP contribution is -2.31. The summed E-state index contributed by atoms with van der Waals surface area (Å²) in [7, 11) is 1.85. The Morgan fingerprint density at radius 3 is 2.77 bits per heavy atom. The Hall–Kier alpha value is -0.0900. The molecular weight excluding hydrogens is 232 g/mol. The second-order valence-corrected chi connectivity index (χ2v) is 5.06. The molecule has 1 rings (SSSR count). The summed E-state index contributed by atoms with van der Waals surface area (Å²) in [5.74, 6) is 0.141. The zero-order valence-electron chi connectivity index (χ0n) is 8.19. The first-order chi connectivity index (χ1) is 6.08. The summed E-state index contributed by atoms with van der Waals surface area (Å²) in [6.07, 6.45) is 1.73. The van der Waals surface area contributed by atoms with Gasteiger partial charge in [-0.05, 0) is 18.9 Å². The Morgan fingerprint density at radius 1 is 1.69 bits per heavy atom. The summed E-state index contributed by atoms with van der Waals surface area (Å²) in [5, 5.41) is 5.89. The van der Waals surface area contributed by atoms with Gasteiger partial charge in [0.25, 0.3) is 0 Å². The van der Waals surface area contributed by atoms with E-state index in [4.69, 9.17) is 0 Å². The van der Waals surface area contributed by atoms with Crippen LogP contribution in [0.1, 0.15) is 19.8 Å². The fourth-order valence-corrected chi connectivity index (χ4v) is 2.06. The molecular formula is C9H17BrN2O. The number of hydrogen-bond acceptors (Lipinski definition) is 2. The van der Waals surface area contributed by atoms with Crippen LogP contribution in [0.15, 0.2) is 0 Å². The maximum Gasteiger partial charge on any atom is 0.221 e. The maximum atomic E-state index is 11.2. The van der Waals surface area contributed by atoms with E-state index in [0.29, 0.717) is 16.7 Å². The summed E-state index contributed by atoms with van der Waals surface area (Å²) < 4.78 is 0. The van der Waals surface area contributed by atoms with E-state index < -0.39 is 0 Å². The van der Waals surface area contributed by atoms with Crippen LogP contribution >= 0.6 is 15.9 Å². The normalized spacial score (nSPS) is 31.5. The van der Waals surface area contributed by atoms with Gasteiger partial charge < -0.3 is 10.6 Å². The summed E-state index contributed by atoms with van der Waals surface area (Å²) in [6, 6.07) is 0. The molecule has 13 heavy (non-hydrogen) atoms. The third-order valence-electron chi connectivity index (χ3n) is 2.53. The van der Waals surface area contributed by atoms with Crippen molar-refractivity contribution in [3.8, 4) is 0 Å². The van der Waals surface area contributed by atoms with Crippen molar-refractivity contribution in [2.24, 2.45) is 5.41 Å². The van der Waals surface area contributed by atoms with Crippen LogP contribution in [0.2, 0.25) is 0 Å². The van der Waals surface area contributed by atoms with Crippen molar-refractivity contribution >= 4 is 21.8 Å². The molecule has 0 saturated heterocycles. The predicted octanol–water partition coefficient (Wildman–Crippen LogP) is 0.886. The Labute approximate surface area is 87.8 Å². The van der Waals surface area contributed by atoms with Gasteiger partial charge in [-0.25, -0.2) is 0 Å². The first-order valence-corrected chi connectivity index (χ1v) is 5.55. The number of carbonyl (C=O) groups excluding carboxylic acids is 1. The van der Waals surface area contributed by atoms with Crippen LogP contribution in [0.4, 0.5) is 0 Å². The summed E-state index contributed by atoms with van der Waals surface area (Å²) in [6.45, 7) is 3.73.